The monoisotopic (exact) mass is 449 g/mol. The van der Waals surface area contributed by atoms with Crippen molar-refractivity contribution in [1.82, 2.24) is 19.6 Å². The molecule has 2 aromatic heterocycles. The Bertz CT molecular complexity index is 1330. The SMILES string of the molecule is CCOC(=O)c1ccccc1NC(=O)CSc1nnc2[nH]c(=O)cc(-c3ccccc3)n12. The third kappa shape index (κ3) is 4.54. The molecular formula is C22H19N5O4S. The van der Waals surface area contributed by atoms with Crippen LogP contribution in [-0.2, 0) is 9.53 Å². The topological polar surface area (TPSA) is 118 Å². The first-order chi connectivity index (χ1) is 15.6. The number of aromatic amines is 1. The molecule has 4 rings (SSSR count). The number of thioether (sulfide) groups is 1. The lowest BCUT2D eigenvalue weighted by atomic mass is 10.1. The van der Waals surface area contributed by atoms with Crippen LogP contribution in [0.3, 0.4) is 0 Å². The fraction of sp³-hybridized carbons (Fsp3) is 0.136. The number of nitrogens with zero attached hydrogens (tertiary/aromatic N) is 3. The molecule has 162 valence electrons. The lowest BCUT2D eigenvalue weighted by molar-refractivity contribution is -0.113. The number of aromatic nitrogens is 4. The molecule has 0 atom stereocenters. The van der Waals surface area contributed by atoms with E-state index in [2.05, 4.69) is 20.5 Å². The Morgan fingerprint density at radius 2 is 1.84 bits per heavy atom. The second kappa shape index (κ2) is 9.48. The van der Waals surface area contributed by atoms with E-state index in [0.717, 1.165) is 17.3 Å². The summed E-state index contributed by atoms with van der Waals surface area (Å²) in [6.07, 6.45) is 0. The highest BCUT2D eigenvalue weighted by Gasteiger charge is 2.17. The lowest BCUT2D eigenvalue weighted by Gasteiger charge is -2.10. The van der Waals surface area contributed by atoms with Crippen LogP contribution in [0, 0.1) is 0 Å². The second-order valence-corrected chi connectivity index (χ2v) is 7.57. The van der Waals surface area contributed by atoms with Gasteiger partial charge in [0.15, 0.2) is 5.16 Å². The summed E-state index contributed by atoms with van der Waals surface area (Å²) in [5.41, 5.74) is 1.79. The van der Waals surface area contributed by atoms with Crippen molar-refractivity contribution in [2.75, 3.05) is 17.7 Å². The molecule has 0 aliphatic rings. The molecule has 4 aromatic rings. The Morgan fingerprint density at radius 1 is 1.09 bits per heavy atom. The fourth-order valence-corrected chi connectivity index (χ4v) is 3.86. The maximum absolute atomic E-state index is 12.6. The number of fused-ring (bicyclic) bond motifs is 1. The van der Waals surface area contributed by atoms with Gasteiger partial charge in [0.05, 0.1) is 29.3 Å². The van der Waals surface area contributed by atoms with E-state index in [1.165, 1.54) is 6.07 Å². The average Bonchev–Trinajstić information content (AvgIpc) is 3.21. The van der Waals surface area contributed by atoms with Gasteiger partial charge in [-0.25, -0.2) is 4.79 Å². The van der Waals surface area contributed by atoms with Crippen LogP contribution >= 0.6 is 11.8 Å². The van der Waals surface area contributed by atoms with Crippen LogP contribution in [0.2, 0.25) is 0 Å². The van der Waals surface area contributed by atoms with E-state index in [9.17, 15) is 14.4 Å². The van der Waals surface area contributed by atoms with E-state index in [0.29, 0.717) is 16.5 Å². The van der Waals surface area contributed by atoms with Gasteiger partial charge in [-0.05, 0) is 24.6 Å². The normalized spacial score (nSPS) is 10.8. The van der Waals surface area contributed by atoms with Crippen LogP contribution in [0.15, 0.2) is 70.6 Å². The summed E-state index contributed by atoms with van der Waals surface area (Å²) in [5, 5.41) is 11.3. The Balaban J connectivity index is 1.55. The maximum atomic E-state index is 12.6. The first-order valence-corrected chi connectivity index (χ1v) is 10.8. The molecule has 0 spiro atoms. The predicted octanol–water partition coefficient (Wildman–Crippen LogP) is 2.99. The molecule has 32 heavy (non-hydrogen) atoms. The third-order valence-electron chi connectivity index (χ3n) is 4.48. The van der Waals surface area contributed by atoms with E-state index in [1.807, 2.05) is 30.3 Å². The zero-order chi connectivity index (χ0) is 22.5. The highest BCUT2D eigenvalue weighted by Crippen LogP contribution is 2.24. The number of anilines is 1. The van der Waals surface area contributed by atoms with Crippen LogP contribution in [0.25, 0.3) is 17.0 Å². The number of nitrogens with one attached hydrogen (secondary N) is 2. The van der Waals surface area contributed by atoms with Crippen molar-refractivity contribution in [3.8, 4) is 11.3 Å². The van der Waals surface area contributed by atoms with Crippen molar-refractivity contribution in [3.05, 3.63) is 76.6 Å². The Kier molecular flexibility index (Phi) is 6.31. The van der Waals surface area contributed by atoms with Crippen molar-refractivity contribution in [2.45, 2.75) is 12.1 Å². The molecule has 0 saturated carbocycles. The van der Waals surface area contributed by atoms with Gasteiger partial charge >= 0.3 is 5.97 Å². The van der Waals surface area contributed by atoms with Crippen LogP contribution in [0.5, 0.6) is 0 Å². The number of amides is 1. The molecule has 9 nitrogen and oxygen atoms in total. The summed E-state index contributed by atoms with van der Waals surface area (Å²) in [6, 6.07) is 17.5. The number of hydrogen-bond donors (Lipinski definition) is 2. The standard InChI is InChI=1S/C22H19N5O4S/c1-2-31-20(30)15-10-6-7-11-16(15)23-19(29)13-32-22-26-25-21-24-18(28)12-17(27(21)22)14-8-4-3-5-9-14/h3-12H,2,13H2,1H3,(H,23,29)(H,24,25,28). The Hall–Kier alpha value is -3.92. The summed E-state index contributed by atoms with van der Waals surface area (Å²) in [7, 11) is 0. The molecule has 0 aliphatic carbocycles. The fourth-order valence-electron chi connectivity index (χ4n) is 3.11. The lowest BCUT2D eigenvalue weighted by Crippen LogP contribution is -2.17. The van der Waals surface area contributed by atoms with Gasteiger partial charge in [0.2, 0.25) is 11.7 Å². The van der Waals surface area contributed by atoms with Crippen molar-refractivity contribution in [3.63, 3.8) is 0 Å². The second-order valence-electron chi connectivity index (χ2n) is 6.63. The zero-order valence-electron chi connectivity index (χ0n) is 17.1. The molecule has 0 bridgehead atoms. The highest BCUT2D eigenvalue weighted by atomic mass is 32.2. The van der Waals surface area contributed by atoms with Gasteiger partial charge in [-0.15, -0.1) is 10.2 Å². The van der Waals surface area contributed by atoms with Crippen LogP contribution in [-0.4, -0.2) is 43.8 Å². The van der Waals surface area contributed by atoms with Crippen molar-refractivity contribution in [1.29, 1.82) is 0 Å². The summed E-state index contributed by atoms with van der Waals surface area (Å²) >= 11 is 1.16. The van der Waals surface area contributed by atoms with Crippen LogP contribution in [0.4, 0.5) is 5.69 Å². The van der Waals surface area contributed by atoms with Crippen molar-refractivity contribution >= 4 is 35.1 Å². The summed E-state index contributed by atoms with van der Waals surface area (Å²) in [6.45, 7) is 1.96. The van der Waals surface area contributed by atoms with Gasteiger partial charge in [0, 0.05) is 6.07 Å². The largest absolute Gasteiger partial charge is 0.462 e. The molecule has 2 heterocycles. The minimum atomic E-state index is -0.504. The number of hydrogen-bond acceptors (Lipinski definition) is 7. The molecule has 0 fully saturated rings. The van der Waals surface area contributed by atoms with E-state index in [-0.39, 0.29) is 35.2 Å². The quantitative estimate of drug-likeness (QED) is 0.329. The smallest absolute Gasteiger partial charge is 0.340 e. The number of H-pyrrole nitrogens is 1. The van der Waals surface area contributed by atoms with Gasteiger partial charge in [-0.3, -0.25) is 19.0 Å². The minimum Gasteiger partial charge on any atom is -0.462 e. The van der Waals surface area contributed by atoms with Crippen molar-refractivity contribution in [2.24, 2.45) is 0 Å². The number of para-hydroxylation sites is 1. The molecule has 10 heteroatoms. The molecule has 0 saturated heterocycles. The first kappa shape index (κ1) is 21.3. The van der Waals surface area contributed by atoms with Gasteiger partial charge in [0.1, 0.15) is 0 Å². The summed E-state index contributed by atoms with van der Waals surface area (Å²) in [4.78, 5) is 39.4. The Morgan fingerprint density at radius 3 is 2.62 bits per heavy atom. The zero-order valence-corrected chi connectivity index (χ0v) is 17.9. The molecule has 0 unspecified atom stereocenters. The van der Waals surface area contributed by atoms with Crippen LogP contribution in [0.1, 0.15) is 17.3 Å². The average molecular weight is 449 g/mol. The highest BCUT2D eigenvalue weighted by molar-refractivity contribution is 7.99. The Labute approximate surface area is 186 Å². The number of carbonyl (C=O) groups is 2. The summed E-state index contributed by atoms with van der Waals surface area (Å²) in [5.74, 6) is -0.525. The van der Waals surface area contributed by atoms with Gasteiger partial charge in [-0.1, -0.05) is 54.2 Å². The minimum absolute atomic E-state index is 0.0192. The molecule has 2 N–H and O–H groups in total. The van der Waals surface area contributed by atoms with E-state index >= 15 is 0 Å². The van der Waals surface area contributed by atoms with E-state index in [1.54, 1.807) is 35.6 Å². The molecule has 1 amide bonds. The van der Waals surface area contributed by atoms with E-state index < -0.39 is 5.97 Å². The van der Waals surface area contributed by atoms with Gasteiger partial charge in [-0.2, -0.15) is 0 Å². The third-order valence-corrected chi connectivity index (χ3v) is 5.40. The van der Waals surface area contributed by atoms with Crippen molar-refractivity contribution < 1.29 is 14.3 Å². The number of ether oxygens (including phenoxy) is 1. The molecule has 2 aromatic carbocycles. The number of carbonyl (C=O) groups excluding carboxylic acids is 2. The molecule has 0 aliphatic heterocycles. The first-order valence-electron chi connectivity index (χ1n) is 9.79. The van der Waals surface area contributed by atoms with Crippen LogP contribution < -0.4 is 10.9 Å². The molecule has 0 radical (unpaired) electrons. The predicted molar refractivity (Wildman–Crippen MR) is 121 cm³/mol. The maximum Gasteiger partial charge on any atom is 0.340 e. The van der Waals surface area contributed by atoms with E-state index in [4.69, 9.17) is 4.74 Å². The van der Waals surface area contributed by atoms with Gasteiger partial charge < -0.3 is 10.1 Å². The number of benzene rings is 2. The van der Waals surface area contributed by atoms with Gasteiger partial charge in [0.25, 0.3) is 5.56 Å². The summed E-state index contributed by atoms with van der Waals surface area (Å²) < 4.78 is 6.73. The number of rotatable bonds is 7. The molecular weight excluding hydrogens is 430 g/mol. The number of esters is 1.